The molecular formula is C9H16N4O. The highest BCUT2D eigenvalue weighted by molar-refractivity contribution is 5.75. The first-order chi connectivity index (χ1) is 6.65. The lowest BCUT2D eigenvalue weighted by Gasteiger charge is -2.09. The second-order valence-corrected chi connectivity index (χ2v) is 3.19. The summed E-state index contributed by atoms with van der Waals surface area (Å²) in [7, 11) is 0. The monoisotopic (exact) mass is 196 g/mol. The van der Waals surface area contributed by atoms with Crippen LogP contribution in [0.5, 0.6) is 0 Å². The van der Waals surface area contributed by atoms with Gasteiger partial charge in [-0.05, 0) is 13.8 Å². The van der Waals surface area contributed by atoms with E-state index in [2.05, 4.69) is 10.3 Å². The summed E-state index contributed by atoms with van der Waals surface area (Å²) in [6.07, 6.45) is 3.30. The molecule has 1 amide bonds. The fraction of sp³-hybridized carbons (Fsp3) is 0.556. The molecule has 78 valence electrons. The Morgan fingerprint density at radius 1 is 1.79 bits per heavy atom. The lowest BCUT2D eigenvalue weighted by Crippen LogP contribution is -2.28. The van der Waals surface area contributed by atoms with E-state index in [-0.39, 0.29) is 18.5 Å². The molecule has 5 nitrogen and oxygen atoms in total. The predicted molar refractivity (Wildman–Crippen MR) is 53.5 cm³/mol. The zero-order chi connectivity index (χ0) is 10.6. The molecule has 3 N–H and O–H groups in total. The van der Waals surface area contributed by atoms with Crippen LogP contribution in [0.2, 0.25) is 0 Å². The molecule has 0 unspecified atom stereocenters. The largest absolute Gasteiger partial charge is 0.355 e. The van der Waals surface area contributed by atoms with Crippen LogP contribution in [-0.2, 0) is 11.3 Å². The summed E-state index contributed by atoms with van der Waals surface area (Å²) >= 11 is 0. The number of amides is 1. The smallest absolute Gasteiger partial charge is 0.239 e. The molecule has 0 aromatic carbocycles. The molecule has 0 aliphatic rings. The van der Waals surface area contributed by atoms with E-state index in [0.717, 1.165) is 5.69 Å². The average molecular weight is 196 g/mol. The van der Waals surface area contributed by atoms with E-state index in [4.69, 9.17) is 5.73 Å². The number of nitrogens with two attached hydrogens (primary N) is 1. The molecule has 1 atom stereocenters. The van der Waals surface area contributed by atoms with Gasteiger partial charge in [0.25, 0.3) is 0 Å². The third kappa shape index (κ3) is 2.56. The van der Waals surface area contributed by atoms with Gasteiger partial charge in [0.05, 0.1) is 12.0 Å². The lowest BCUT2D eigenvalue weighted by atomic mass is 10.3. The number of carbonyl (C=O) groups excluding carboxylic acids is 1. The third-order valence-corrected chi connectivity index (χ3v) is 1.90. The zero-order valence-electron chi connectivity index (χ0n) is 8.53. The van der Waals surface area contributed by atoms with E-state index in [0.29, 0.717) is 6.54 Å². The Hall–Kier alpha value is -1.36. The van der Waals surface area contributed by atoms with Gasteiger partial charge in [-0.3, -0.25) is 4.79 Å². The summed E-state index contributed by atoms with van der Waals surface area (Å²) in [4.78, 5) is 15.2. The van der Waals surface area contributed by atoms with E-state index >= 15 is 0 Å². The molecular weight excluding hydrogens is 180 g/mol. The quantitative estimate of drug-likeness (QED) is 0.714. The van der Waals surface area contributed by atoms with Crippen LogP contribution in [0.3, 0.4) is 0 Å². The Kier molecular flexibility index (Phi) is 3.64. The van der Waals surface area contributed by atoms with Gasteiger partial charge in [0.2, 0.25) is 5.91 Å². The number of nitrogens with zero attached hydrogens (tertiary/aromatic N) is 2. The predicted octanol–water partition coefficient (Wildman–Crippen LogP) is 0.0389. The fourth-order valence-corrected chi connectivity index (χ4v) is 1.25. The first-order valence-electron chi connectivity index (χ1n) is 4.67. The summed E-state index contributed by atoms with van der Waals surface area (Å²) in [5, 5.41) is 2.72. The van der Waals surface area contributed by atoms with Gasteiger partial charge in [-0.2, -0.15) is 0 Å². The average Bonchev–Trinajstić information content (AvgIpc) is 2.52. The Morgan fingerprint density at radius 3 is 3.07 bits per heavy atom. The summed E-state index contributed by atoms with van der Waals surface area (Å²) in [6, 6.07) is -0.105. The van der Waals surface area contributed by atoms with Crippen LogP contribution in [0.1, 0.15) is 25.6 Å². The van der Waals surface area contributed by atoms with Gasteiger partial charge in [-0.25, -0.2) is 4.98 Å². The van der Waals surface area contributed by atoms with Gasteiger partial charge in [-0.15, -0.1) is 0 Å². The number of nitrogens with one attached hydrogen (secondary N) is 1. The van der Waals surface area contributed by atoms with Crippen LogP contribution in [0.15, 0.2) is 12.5 Å². The highest BCUT2D eigenvalue weighted by Crippen LogP contribution is 2.07. The number of hydrogen-bond acceptors (Lipinski definition) is 3. The SMILES string of the molecule is CCNC(=O)Cn1cncc1[C@H](C)N. The van der Waals surface area contributed by atoms with Crippen molar-refractivity contribution in [1.29, 1.82) is 0 Å². The highest BCUT2D eigenvalue weighted by Gasteiger charge is 2.08. The number of carbonyl (C=O) groups is 1. The lowest BCUT2D eigenvalue weighted by molar-refractivity contribution is -0.121. The number of rotatable bonds is 4. The zero-order valence-corrected chi connectivity index (χ0v) is 8.53. The Morgan fingerprint density at radius 2 is 2.50 bits per heavy atom. The first-order valence-corrected chi connectivity index (χ1v) is 4.67. The van der Waals surface area contributed by atoms with E-state index in [9.17, 15) is 4.79 Å². The van der Waals surface area contributed by atoms with Gasteiger partial charge in [0, 0.05) is 18.8 Å². The number of hydrogen-bond donors (Lipinski definition) is 2. The normalized spacial score (nSPS) is 12.5. The molecule has 0 saturated carbocycles. The maximum Gasteiger partial charge on any atom is 0.239 e. The van der Waals surface area contributed by atoms with Crippen molar-refractivity contribution in [1.82, 2.24) is 14.9 Å². The molecule has 14 heavy (non-hydrogen) atoms. The summed E-state index contributed by atoms with van der Waals surface area (Å²) in [5.41, 5.74) is 6.59. The highest BCUT2D eigenvalue weighted by atomic mass is 16.1. The molecule has 1 aromatic rings. The van der Waals surface area contributed by atoms with Crippen molar-refractivity contribution in [3.8, 4) is 0 Å². The van der Waals surface area contributed by atoms with Crippen molar-refractivity contribution in [2.24, 2.45) is 5.73 Å². The minimum absolute atomic E-state index is 0.0209. The molecule has 1 heterocycles. The van der Waals surface area contributed by atoms with E-state index in [1.807, 2.05) is 13.8 Å². The molecule has 1 rings (SSSR count). The van der Waals surface area contributed by atoms with Gasteiger partial charge < -0.3 is 15.6 Å². The van der Waals surface area contributed by atoms with Crippen molar-refractivity contribution in [3.63, 3.8) is 0 Å². The molecule has 0 bridgehead atoms. The van der Waals surface area contributed by atoms with E-state index < -0.39 is 0 Å². The topological polar surface area (TPSA) is 72.9 Å². The Labute approximate surface area is 83.3 Å². The van der Waals surface area contributed by atoms with Crippen LogP contribution in [0.4, 0.5) is 0 Å². The van der Waals surface area contributed by atoms with Gasteiger partial charge in [-0.1, -0.05) is 0 Å². The van der Waals surface area contributed by atoms with Crippen molar-refractivity contribution < 1.29 is 4.79 Å². The van der Waals surface area contributed by atoms with Crippen molar-refractivity contribution >= 4 is 5.91 Å². The maximum atomic E-state index is 11.3. The van der Waals surface area contributed by atoms with Crippen LogP contribution in [0, 0.1) is 0 Å². The van der Waals surface area contributed by atoms with Gasteiger partial charge in [0.1, 0.15) is 6.54 Å². The van der Waals surface area contributed by atoms with Crippen LogP contribution in [0.25, 0.3) is 0 Å². The van der Waals surface area contributed by atoms with Crippen molar-refractivity contribution in [3.05, 3.63) is 18.2 Å². The molecule has 0 saturated heterocycles. The number of imidazole rings is 1. The molecule has 0 aliphatic carbocycles. The van der Waals surface area contributed by atoms with E-state index in [1.54, 1.807) is 17.1 Å². The second-order valence-electron chi connectivity index (χ2n) is 3.19. The second kappa shape index (κ2) is 4.76. The first kappa shape index (κ1) is 10.7. The van der Waals surface area contributed by atoms with Crippen LogP contribution >= 0.6 is 0 Å². The van der Waals surface area contributed by atoms with E-state index in [1.165, 1.54) is 0 Å². The maximum absolute atomic E-state index is 11.3. The standard InChI is InChI=1S/C9H16N4O/c1-3-12-9(14)5-13-6-11-4-8(13)7(2)10/h4,6-7H,3,5,10H2,1-2H3,(H,12,14)/t7-/m0/s1. The molecule has 0 radical (unpaired) electrons. The van der Waals surface area contributed by atoms with Crippen molar-refractivity contribution in [2.75, 3.05) is 6.54 Å². The summed E-state index contributed by atoms with van der Waals surface area (Å²) in [5.74, 6) is -0.0209. The van der Waals surface area contributed by atoms with Gasteiger partial charge >= 0.3 is 0 Å². The Bertz CT molecular complexity index is 306. The number of aromatic nitrogens is 2. The Balaban J connectivity index is 2.66. The number of likely N-dealkylation sites (N-methyl/N-ethyl adjacent to an activating group) is 1. The van der Waals surface area contributed by atoms with Crippen LogP contribution < -0.4 is 11.1 Å². The molecule has 5 heteroatoms. The summed E-state index contributed by atoms with van der Waals surface area (Å²) < 4.78 is 1.76. The fourth-order valence-electron chi connectivity index (χ4n) is 1.25. The third-order valence-electron chi connectivity index (χ3n) is 1.90. The molecule has 1 aromatic heterocycles. The minimum Gasteiger partial charge on any atom is -0.355 e. The van der Waals surface area contributed by atoms with Crippen molar-refractivity contribution in [2.45, 2.75) is 26.4 Å². The molecule has 0 fully saturated rings. The minimum atomic E-state index is -0.105. The molecule has 0 aliphatic heterocycles. The summed E-state index contributed by atoms with van der Waals surface area (Å²) in [6.45, 7) is 4.68. The van der Waals surface area contributed by atoms with Crippen LogP contribution in [-0.4, -0.2) is 22.0 Å². The van der Waals surface area contributed by atoms with Gasteiger partial charge in [0.15, 0.2) is 0 Å². The molecule has 0 spiro atoms.